The Bertz CT molecular complexity index is 2670. The van der Waals surface area contributed by atoms with Crippen LogP contribution in [0, 0.1) is 38.9 Å². The van der Waals surface area contributed by atoms with Gasteiger partial charge in [0.05, 0.1) is 6.67 Å². The number of hydrogen-bond acceptors (Lipinski definition) is 7. The number of amides is 1. The Hall–Kier alpha value is -4.92. The molecule has 2 aliphatic heterocycles. The van der Waals surface area contributed by atoms with Crippen molar-refractivity contribution in [2.75, 3.05) is 57.4 Å². The first-order valence-corrected chi connectivity index (χ1v) is 27.1. The maximum atomic E-state index is 14.4. The zero-order valence-corrected chi connectivity index (χ0v) is 43.0. The molecule has 2 heterocycles. The summed E-state index contributed by atoms with van der Waals surface area (Å²) in [4.78, 5) is 35.1. The second-order valence-corrected chi connectivity index (χ2v) is 24.6. The number of carbonyl (C=O) groups excluding carboxylic acids is 2. The number of rotatable bonds is 8. The van der Waals surface area contributed by atoms with Crippen molar-refractivity contribution >= 4 is 17.4 Å². The van der Waals surface area contributed by atoms with Crippen LogP contribution in [-0.4, -0.2) is 84.2 Å². The van der Waals surface area contributed by atoms with E-state index in [4.69, 9.17) is 0 Å². The van der Waals surface area contributed by atoms with Crippen LogP contribution in [0.5, 0.6) is 5.75 Å². The van der Waals surface area contributed by atoms with Gasteiger partial charge in [0.2, 0.25) is 11.7 Å². The van der Waals surface area contributed by atoms with Gasteiger partial charge in [-0.3, -0.25) is 14.5 Å². The smallest absolute Gasteiger partial charge is 0.226 e. The number of aryl methyl sites for hydroxylation is 1. The van der Waals surface area contributed by atoms with E-state index in [0.717, 1.165) is 115 Å². The lowest BCUT2D eigenvalue weighted by Crippen LogP contribution is -2.62. The van der Waals surface area contributed by atoms with E-state index in [1.807, 2.05) is 19.1 Å². The van der Waals surface area contributed by atoms with Crippen LogP contribution in [-0.2, 0) is 16.0 Å². The first-order valence-electron chi connectivity index (χ1n) is 27.1. The summed E-state index contributed by atoms with van der Waals surface area (Å²) in [5.41, 5.74) is 10.4. The van der Waals surface area contributed by atoms with Gasteiger partial charge in [0.1, 0.15) is 5.75 Å². The monoisotopic (exact) mass is 943 g/mol. The summed E-state index contributed by atoms with van der Waals surface area (Å²) in [6, 6.07) is 26.4. The van der Waals surface area contributed by atoms with Crippen LogP contribution in [0.2, 0.25) is 0 Å². The SMILES string of the molecule is CC1=C(O)C(=O)C=C2C1=CC=C1[C@@]2(C)CC[C@@]2(C)[C@@H]3C[C@](C)(C(=O)NCN4CCN(CC5CCN(c6ccc([C@H]7c8ccc(O)cc8CC[C@H]7c7ccccc7)cc6)CC5)CC4)CC[C@]3(C)CC[C@]12C. The lowest BCUT2D eigenvalue weighted by molar-refractivity contribution is -0.169. The van der Waals surface area contributed by atoms with Gasteiger partial charge < -0.3 is 25.3 Å². The number of piperazine rings is 1. The molecule has 3 aromatic carbocycles. The van der Waals surface area contributed by atoms with Crippen LogP contribution in [0.3, 0.4) is 0 Å². The molecule has 0 bridgehead atoms. The van der Waals surface area contributed by atoms with Crippen molar-refractivity contribution in [2.24, 2.45) is 38.9 Å². The van der Waals surface area contributed by atoms with E-state index in [9.17, 15) is 19.8 Å². The third-order valence-corrected chi connectivity index (χ3v) is 20.9. The molecule has 5 fully saturated rings. The highest BCUT2D eigenvalue weighted by Crippen LogP contribution is 2.75. The molecular weight excluding hydrogens is 865 g/mol. The Balaban J connectivity index is 0.670. The Morgan fingerprint density at radius 2 is 1.47 bits per heavy atom. The first-order chi connectivity index (χ1) is 33.5. The number of nitrogens with zero attached hydrogens (tertiary/aromatic N) is 3. The highest BCUT2D eigenvalue weighted by molar-refractivity contribution is 6.06. The Morgan fingerprint density at radius 3 is 2.21 bits per heavy atom. The number of aliphatic hydroxyl groups is 1. The van der Waals surface area contributed by atoms with E-state index < -0.39 is 5.41 Å². The van der Waals surface area contributed by atoms with E-state index >= 15 is 0 Å². The average Bonchev–Trinajstić information content (AvgIpc) is 3.37. The number of phenols is 1. The Labute approximate surface area is 418 Å². The van der Waals surface area contributed by atoms with Crippen molar-refractivity contribution in [1.82, 2.24) is 15.1 Å². The molecule has 70 heavy (non-hydrogen) atoms. The predicted octanol–water partition coefficient (Wildman–Crippen LogP) is 11.8. The van der Waals surface area contributed by atoms with Crippen LogP contribution in [0.4, 0.5) is 5.69 Å². The number of carbonyl (C=O) groups is 2. The minimum absolute atomic E-state index is 0.0204. The maximum absolute atomic E-state index is 14.4. The Morgan fingerprint density at radius 1 is 0.757 bits per heavy atom. The van der Waals surface area contributed by atoms with E-state index in [1.165, 1.54) is 46.4 Å². The second-order valence-electron chi connectivity index (χ2n) is 24.6. The fourth-order valence-corrected chi connectivity index (χ4v) is 16.1. The van der Waals surface area contributed by atoms with Gasteiger partial charge in [0.15, 0.2) is 5.76 Å². The molecule has 3 saturated carbocycles. The van der Waals surface area contributed by atoms with Gasteiger partial charge >= 0.3 is 0 Å². The molecule has 0 unspecified atom stereocenters. The molecule has 370 valence electrons. The molecule has 8 heteroatoms. The highest BCUT2D eigenvalue weighted by Gasteiger charge is 2.67. The molecule has 1 amide bonds. The van der Waals surface area contributed by atoms with Crippen LogP contribution in [0.15, 0.2) is 119 Å². The third-order valence-electron chi connectivity index (χ3n) is 20.9. The van der Waals surface area contributed by atoms with Gasteiger partial charge in [0, 0.05) is 73.8 Å². The van der Waals surface area contributed by atoms with Crippen molar-refractivity contribution in [1.29, 1.82) is 0 Å². The first kappa shape index (κ1) is 47.4. The van der Waals surface area contributed by atoms with Crippen molar-refractivity contribution in [3.8, 4) is 5.75 Å². The summed E-state index contributed by atoms with van der Waals surface area (Å²) in [5.74, 6) is 1.98. The largest absolute Gasteiger partial charge is 0.508 e. The number of phenolic OH excluding ortho intramolecular Hbond substituents is 1. The number of hydrogen-bond donors (Lipinski definition) is 3. The van der Waals surface area contributed by atoms with Gasteiger partial charge in [-0.2, -0.15) is 0 Å². The number of benzene rings is 3. The minimum Gasteiger partial charge on any atom is -0.508 e. The van der Waals surface area contributed by atoms with E-state index in [-0.39, 0.29) is 45.0 Å². The molecule has 0 spiro atoms. The second kappa shape index (κ2) is 17.7. The molecule has 0 aromatic heterocycles. The molecule has 8 nitrogen and oxygen atoms in total. The van der Waals surface area contributed by atoms with Gasteiger partial charge in [-0.1, -0.05) is 101 Å². The van der Waals surface area contributed by atoms with Crippen LogP contribution in [0.1, 0.15) is 140 Å². The van der Waals surface area contributed by atoms with E-state index in [2.05, 4.69) is 127 Å². The van der Waals surface area contributed by atoms with Gasteiger partial charge in [-0.15, -0.1) is 0 Å². The fraction of sp³-hybridized carbons (Fsp3) is 0.548. The van der Waals surface area contributed by atoms with Gasteiger partial charge in [-0.25, -0.2) is 0 Å². The number of aromatic hydroxyl groups is 1. The van der Waals surface area contributed by atoms with Crippen LogP contribution >= 0.6 is 0 Å². The molecule has 2 saturated heterocycles. The molecule has 8 atom stereocenters. The summed E-state index contributed by atoms with van der Waals surface area (Å²) in [6.07, 6.45) is 17.9. The molecule has 8 aliphatic rings. The lowest BCUT2D eigenvalue weighted by Gasteiger charge is -2.70. The number of nitrogens with one attached hydrogen (secondary N) is 1. The molecular formula is C62H78N4O4. The number of anilines is 1. The van der Waals surface area contributed by atoms with Crippen LogP contribution < -0.4 is 10.2 Å². The minimum atomic E-state index is -0.407. The van der Waals surface area contributed by atoms with Crippen LogP contribution in [0.25, 0.3) is 0 Å². The maximum Gasteiger partial charge on any atom is 0.226 e. The molecule has 6 aliphatic carbocycles. The van der Waals surface area contributed by atoms with Crippen molar-refractivity contribution in [3.63, 3.8) is 0 Å². The zero-order chi connectivity index (χ0) is 48.8. The van der Waals surface area contributed by atoms with E-state index in [0.29, 0.717) is 35.7 Å². The molecule has 3 aromatic rings. The number of piperidine rings is 1. The molecule has 11 rings (SSSR count). The summed E-state index contributed by atoms with van der Waals surface area (Å²) in [6.45, 7) is 22.1. The lowest BCUT2D eigenvalue weighted by atomic mass is 9.34. The van der Waals surface area contributed by atoms with Gasteiger partial charge in [-0.05, 0) is 175 Å². The number of allylic oxidation sites excluding steroid dienone is 7. The van der Waals surface area contributed by atoms with E-state index in [1.54, 1.807) is 6.08 Å². The quantitative estimate of drug-likeness (QED) is 0.207. The normalized spacial score (nSPS) is 34.8. The number of ketones is 1. The average molecular weight is 943 g/mol. The Kier molecular flexibility index (Phi) is 12.0. The van der Waals surface area contributed by atoms with Crippen molar-refractivity contribution in [3.05, 3.63) is 141 Å². The third kappa shape index (κ3) is 7.84. The van der Waals surface area contributed by atoms with Crippen molar-refractivity contribution < 1.29 is 19.8 Å². The molecule has 0 radical (unpaired) electrons. The number of fused-ring (bicyclic) bond motifs is 8. The summed E-state index contributed by atoms with van der Waals surface area (Å²) in [5, 5.41) is 24.3. The summed E-state index contributed by atoms with van der Waals surface area (Å²) in [7, 11) is 0. The zero-order valence-electron chi connectivity index (χ0n) is 43.0. The topological polar surface area (TPSA) is 96.3 Å². The summed E-state index contributed by atoms with van der Waals surface area (Å²) < 4.78 is 0. The fourth-order valence-electron chi connectivity index (χ4n) is 16.1. The number of aliphatic hydroxyl groups excluding tert-OH is 1. The van der Waals surface area contributed by atoms with Crippen molar-refractivity contribution in [2.45, 2.75) is 124 Å². The highest BCUT2D eigenvalue weighted by atomic mass is 16.3. The van der Waals surface area contributed by atoms with Gasteiger partial charge in [0.25, 0.3) is 0 Å². The predicted molar refractivity (Wildman–Crippen MR) is 281 cm³/mol. The molecule has 3 N–H and O–H groups in total. The standard InChI is InChI=1S/C62H78N4O4/c1-41-48-20-21-53-60(4,51(48)37-52(68)56(41)69)27-29-62(6)54-38-59(3,25-24-58(54,2)26-28-61(53,62)5)57(70)63-40-65-34-32-64(33-35-65)39-42-22-30-66(31-23-42)46-15-12-44(13-16-46)55-49(43-10-8-7-9-11-43)18-14-45-36-47(67)17-19-50(45)55/h7-13,15-17,19-21,36-37,42,49,54-55,67,69H,14,18,22-35,38-40H2,1-6H3,(H,63,70)/t49-,54+,55+,58+,59+,60-,61+,62-/m0/s1. The summed E-state index contributed by atoms with van der Waals surface area (Å²) >= 11 is 0.